The molecule has 0 atom stereocenters. The highest BCUT2D eigenvalue weighted by atomic mass is 16.2. The minimum Gasteiger partial charge on any atom is -0.330 e. The maximum Gasteiger partial charge on any atom is 0.238 e. The van der Waals surface area contributed by atoms with Gasteiger partial charge in [0.15, 0.2) is 0 Å². The van der Waals surface area contributed by atoms with Crippen LogP contribution in [-0.2, 0) is 18.4 Å². The summed E-state index contributed by atoms with van der Waals surface area (Å²) in [7, 11) is 2.08. The summed E-state index contributed by atoms with van der Waals surface area (Å²) in [5.74, 6) is 1.14. The fourth-order valence-corrected chi connectivity index (χ4v) is 3.75. The number of piperazine rings is 1. The number of fused-ring (bicyclic) bond motifs is 1. The van der Waals surface area contributed by atoms with E-state index in [0.29, 0.717) is 6.54 Å². The number of benzene rings is 2. The van der Waals surface area contributed by atoms with E-state index in [4.69, 9.17) is 4.98 Å². The number of carbonyl (C=O) groups is 1. The van der Waals surface area contributed by atoms with Gasteiger partial charge in [-0.3, -0.25) is 14.6 Å². The molecule has 6 heteroatoms. The topological polar surface area (TPSA) is 53.4 Å². The fourth-order valence-electron chi connectivity index (χ4n) is 3.75. The van der Waals surface area contributed by atoms with E-state index >= 15 is 0 Å². The lowest BCUT2D eigenvalue weighted by atomic mass is 10.2. The Labute approximate surface area is 165 Å². The molecule has 1 aliphatic rings. The standard InChI is InChI=1S/C22H27N5O/c1-17-7-3-4-8-18(17)24-22(28)16-27-13-11-26(12-14-27)15-21-23-19-9-5-6-10-20(19)25(21)2/h3-10H,11-16H2,1-2H3,(H,24,28). The molecule has 1 aromatic heterocycles. The number of anilines is 1. The average Bonchev–Trinajstić information content (AvgIpc) is 3.01. The van der Waals surface area contributed by atoms with Crippen LogP contribution >= 0.6 is 0 Å². The largest absolute Gasteiger partial charge is 0.330 e. The van der Waals surface area contributed by atoms with Gasteiger partial charge < -0.3 is 9.88 Å². The molecule has 1 saturated heterocycles. The Balaban J connectivity index is 1.29. The number of aryl methyl sites for hydroxylation is 2. The van der Waals surface area contributed by atoms with Crippen LogP contribution in [0.2, 0.25) is 0 Å². The third-order valence-electron chi connectivity index (χ3n) is 5.50. The second-order valence-corrected chi connectivity index (χ2v) is 7.49. The van der Waals surface area contributed by atoms with Crippen LogP contribution in [-0.4, -0.2) is 58.0 Å². The molecule has 2 heterocycles. The van der Waals surface area contributed by atoms with E-state index in [0.717, 1.165) is 55.3 Å². The highest BCUT2D eigenvalue weighted by molar-refractivity contribution is 5.92. The number of hydrogen-bond acceptors (Lipinski definition) is 4. The smallest absolute Gasteiger partial charge is 0.238 e. The first-order valence-electron chi connectivity index (χ1n) is 9.80. The van der Waals surface area contributed by atoms with Crippen LogP contribution in [0.25, 0.3) is 11.0 Å². The Morgan fingerprint density at radius 1 is 1.00 bits per heavy atom. The number of carbonyl (C=O) groups excluding carboxylic acids is 1. The molecule has 3 aromatic rings. The lowest BCUT2D eigenvalue weighted by Gasteiger charge is -2.34. The zero-order valence-electron chi connectivity index (χ0n) is 16.6. The first-order chi connectivity index (χ1) is 13.6. The third-order valence-corrected chi connectivity index (χ3v) is 5.50. The van der Waals surface area contributed by atoms with Crippen molar-refractivity contribution in [3.8, 4) is 0 Å². The Kier molecular flexibility index (Phi) is 5.41. The van der Waals surface area contributed by atoms with Gasteiger partial charge in [-0.25, -0.2) is 4.98 Å². The number of amides is 1. The zero-order valence-corrected chi connectivity index (χ0v) is 16.6. The maximum atomic E-state index is 12.4. The number of imidazole rings is 1. The molecule has 1 aliphatic heterocycles. The van der Waals surface area contributed by atoms with Gasteiger partial charge in [0.1, 0.15) is 5.82 Å². The van der Waals surface area contributed by atoms with Crippen molar-refractivity contribution in [2.75, 3.05) is 38.0 Å². The molecule has 4 rings (SSSR count). The van der Waals surface area contributed by atoms with Crippen LogP contribution in [0.4, 0.5) is 5.69 Å². The van der Waals surface area contributed by atoms with Gasteiger partial charge in [0, 0.05) is 38.9 Å². The predicted octanol–water partition coefficient (Wildman–Crippen LogP) is 2.64. The summed E-state index contributed by atoms with van der Waals surface area (Å²) in [5.41, 5.74) is 4.20. The molecular formula is C22H27N5O. The van der Waals surface area contributed by atoms with Gasteiger partial charge in [-0.05, 0) is 30.7 Å². The minimum atomic E-state index is 0.0538. The monoisotopic (exact) mass is 377 g/mol. The molecule has 1 fully saturated rings. The van der Waals surface area contributed by atoms with Crippen molar-refractivity contribution in [2.24, 2.45) is 7.05 Å². The molecular weight excluding hydrogens is 350 g/mol. The summed E-state index contributed by atoms with van der Waals surface area (Å²) >= 11 is 0. The van der Waals surface area contributed by atoms with Crippen molar-refractivity contribution in [3.63, 3.8) is 0 Å². The van der Waals surface area contributed by atoms with Gasteiger partial charge in [-0.1, -0.05) is 30.3 Å². The lowest BCUT2D eigenvalue weighted by molar-refractivity contribution is -0.117. The Morgan fingerprint density at radius 2 is 1.68 bits per heavy atom. The summed E-state index contributed by atoms with van der Waals surface area (Å²) in [6.45, 7) is 6.97. The van der Waals surface area contributed by atoms with Crippen molar-refractivity contribution in [1.82, 2.24) is 19.4 Å². The van der Waals surface area contributed by atoms with Crippen molar-refractivity contribution < 1.29 is 4.79 Å². The predicted molar refractivity (Wildman–Crippen MR) is 112 cm³/mol. The van der Waals surface area contributed by atoms with Gasteiger partial charge >= 0.3 is 0 Å². The highest BCUT2D eigenvalue weighted by Crippen LogP contribution is 2.17. The Morgan fingerprint density at radius 3 is 2.43 bits per heavy atom. The number of rotatable bonds is 5. The molecule has 0 spiro atoms. The van der Waals surface area contributed by atoms with Gasteiger partial charge in [0.25, 0.3) is 0 Å². The van der Waals surface area contributed by atoms with Gasteiger partial charge in [-0.2, -0.15) is 0 Å². The lowest BCUT2D eigenvalue weighted by Crippen LogP contribution is -2.48. The van der Waals surface area contributed by atoms with Crippen LogP contribution in [0.1, 0.15) is 11.4 Å². The van der Waals surface area contributed by atoms with E-state index in [1.807, 2.05) is 37.3 Å². The van der Waals surface area contributed by atoms with Gasteiger partial charge in [0.2, 0.25) is 5.91 Å². The van der Waals surface area contributed by atoms with Crippen molar-refractivity contribution >= 4 is 22.6 Å². The van der Waals surface area contributed by atoms with Gasteiger partial charge in [0.05, 0.1) is 24.1 Å². The molecule has 2 aromatic carbocycles. The van der Waals surface area contributed by atoms with Crippen LogP contribution in [0.15, 0.2) is 48.5 Å². The molecule has 0 unspecified atom stereocenters. The van der Waals surface area contributed by atoms with Crippen LogP contribution < -0.4 is 5.32 Å². The molecule has 0 aliphatic carbocycles. The number of nitrogens with one attached hydrogen (secondary N) is 1. The number of hydrogen-bond donors (Lipinski definition) is 1. The van der Waals surface area contributed by atoms with Crippen molar-refractivity contribution in [3.05, 3.63) is 59.9 Å². The number of nitrogens with zero attached hydrogens (tertiary/aromatic N) is 4. The Hall–Kier alpha value is -2.70. The van der Waals surface area contributed by atoms with Crippen molar-refractivity contribution in [1.29, 1.82) is 0 Å². The van der Waals surface area contributed by atoms with Crippen LogP contribution in [0.5, 0.6) is 0 Å². The van der Waals surface area contributed by atoms with Crippen LogP contribution in [0, 0.1) is 6.92 Å². The molecule has 1 amide bonds. The molecule has 1 N–H and O–H groups in total. The van der Waals surface area contributed by atoms with E-state index in [2.05, 4.69) is 44.9 Å². The Bertz CT molecular complexity index is 972. The molecule has 28 heavy (non-hydrogen) atoms. The molecule has 0 radical (unpaired) electrons. The normalized spacial score (nSPS) is 15.8. The van der Waals surface area contributed by atoms with Crippen molar-refractivity contribution in [2.45, 2.75) is 13.5 Å². The van der Waals surface area contributed by atoms with E-state index in [1.165, 1.54) is 5.52 Å². The summed E-state index contributed by atoms with van der Waals surface area (Å²) in [6.07, 6.45) is 0. The van der Waals surface area contributed by atoms with E-state index in [9.17, 15) is 4.79 Å². The first kappa shape index (κ1) is 18.7. The molecule has 6 nitrogen and oxygen atoms in total. The average molecular weight is 377 g/mol. The minimum absolute atomic E-state index is 0.0538. The second-order valence-electron chi connectivity index (χ2n) is 7.49. The first-order valence-corrected chi connectivity index (χ1v) is 9.80. The zero-order chi connectivity index (χ0) is 19.5. The second kappa shape index (κ2) is 8.12. The third kappa shape index (κ3) is 4.08. The maximum absolute atomic E-state index is 12.4. The molecule has 0 saturated carbocycles. The SMILES string of the molecule is Cc1ccccc1NC(=O)CN1CCN(Cc2nc3ccccc3n2C)CC1. The summed E-state index contributed by atoms with van der Waals surface area (Å²) in [5, 5.41) is 3.02. The summed E-state index contributed by atoms with van der Waals surface area (Å²) in [6, 6.07) is 16.1. The van der Waals surface area contributed by atoms with E-state index in [1.54, 1.807) is 0 Å². The quantitative estimate of drug-likeness (QED) is 0.743. The fraction of sp³-hybridized carbons (Fsp3) is 0.364. The highest BCUT2D eigenvalue weighted by Gasteiger charge is 2.20. The summed E-state index contributed by atoms with van der Waals surface area (Å²) < 4.78 is 2.18. The molecule has 146 valence electrons. The number of para-hydroxylation sites is 3. The molecule has 0 bridgehead atoms. The van der Waals surface area contributed by atoms with E-state index in [-0.39, 0.29) is 5.91 Å². The van der Waals surface area contributed by atoms with Gasteiger partial charge in [-0.15, -0.1) is 0 Å². The van der Waals surface area contributed by atoms with E-state index < -0.39 is 0 Å². The number of aromatic nitrogens is 2. The van der Waals surface area contributed by atoms with Crippen LogP contribution in [0.3, 0.4) is 0 Å². The summed E-state index contributed by atoms with van der Waals surface area (Å²) in [4.78, 5) is 21.8.